The molecule has 0 radical (unpaired) electrons. The molecule has 0 unspecified atom stereocenters. The van der Waals surface area contributed by atoms with Gasteiger partial charge in [0.25, 0.3) is 5.56 Å². The van der Waals surface area contributed by atoms with Gasteiger partial charge in [-0.3, -0.25) is 14.2 Å². The number of anilines is 1. The van der Waals surface area contributed by atoms with Gasteiger partial charge in [0, 0.05) is 27.5 Å². The molecule has 0 fully saturated rings. The SMILES string of the molecule is Cc1[nH]c2ccccc2c1-c1csc(NC(=O)Cn2cnc3c(C)cccc3c2=O)n1. The number of carbonyl (C=O) groups excluding carboxylic acids is 1. The molecular weight excluding hydrogens is 410 g/mol. The number of fused-ring (bicyclic) bond motifs is 2. The highest BCUT2D eigenvalue weighted by atomic mass is 32.1. The topological polar surface area (TPSA) is 92.7 Å². The fourth-order valence-corrected chi connectivity index (χ4v) is 4.53. The Hall–Kier alpha value is -3.78. The van der Waals surface area contributed by atoms with E-state index in [2.05, 4.69) is 20.3 Å². The number of benzene rings is 2. The van der Waals surface area contributed by atoms with E-state index in [4.69, 9.17) is 0 Å². The van der Waals surface area contributed by atoms with Crippen molar-refractivity contribution in [1.29, 1.82) is 0 Å². The fraction of sp³-hybridized carbons (Fsp3) is 0.130. The van der Waals surface area contributed by atoms with Crippen LogP contribution < -0.4 is 10.9 Å². The van der Waals surface area contributed by atoms with E-state index in [-0.39, 0.29) is 18.0 Å². The summed E-state index contributed by atoms with van der Waals surface area (Å²) in [7, 11) is 0. The summed E-state index contributed by atoms with van der Waals surface area (Å²) in [6.45, 7) is 3.78. The van der Waals surface area contributed by atoms with Gasteiger partial charge in [-0.1, -0.05) is 30.3 Å². The zero-order chi connectivity index (χ0) is 21.5. The molecule has 3 heterocycles. The van der Waals surface area contributed by atoms with E-state index in [9.17, 15) is 9.59 Å². The summed E-state index contributed by atoms with van der Waals surface area (Å²) in [5, 5.41) is 6.80. The summed E-state index contributed by atoms with van der Waals surface area (Å²) in [6.07, 6.45) is 1.42. The Morgan fingerprint density at radius 2 is 1.94 bits per heavy atom. The molecule has 2 aromatic carbocycles. The molecule has 5 aromatic rings. The lowest BCUT2D eigenvalue weighted by Gasteiger charge is -2.07. The second-order valence-electron chi connectivity index (χ2n) is 7.41. The molecule has 8 heteroatoms. The van der Waals surface area contributed by atoms with E-state index >= 15 is 0 Å². The maximum Gasteiger partial charge on any atom is 0.261 e. The van der Waals surface area contributed by atoms with Crippen molar-refractivity contribution in [3.8, 4) is 11.3 Å². The Bertz CT molecular complexity index is 1510. The van der Waals surface area contributed by atoms with Crippen molar-refractivity contribution < 1.29 is 4.79 Å². The first kappa shape index (κ1) is 19.2. The largest absolute Gasteiger partial charge is 0.358 e. The number of nitrogens with zero attached hydrogens (tertiary/aromatic N) is 3. The average molecular weight is 430 g/mol. The standard InChI is InChI=1S/C23H19N5O2S/c1-13-6-5-8-16-21(13)24-12-28(22(16)30)10-19(29)27-23-26-18(11-31-23)20-14(2)25-17-9-4-3-7-15(17)20/h3-9,11-12,25H,10H2,1-2H3,(H,26,27,29). The molecule has 0 aliphatic rings. The highest BCUT2D eigenvalue weighted by molar-refractivity contribution is 7.14. The van der Waals surface area contributed by atoms with Gasteiger partial charge in [-0.15, -0.1) is 11.3 Å². The van der Waals surface area contributed by atoms with E-state index in [1.54, 1.807) is 6.07 Å². The lowest BCUT2D eigenvalue weighted by Crippen LogP contribution is -2.28. The van der Waals surface area contributed by atoms with Gasteiger partial charge in [-0.05, 0) is 31.5 Å². The molecule has 7 nitrogen and oxygen atoms in total. The molecule has 31 heavy (non-hydrogen) atoms. The summed E-state index contributed by atoms with van der Waals surface area (Å²) in [6, 6.07) is 13.5. The first-order chi connectivity index (χ1) is 15.0. The van der Waals surface area contributed by atoms with E-state index < -0.39 is 0 Å². The van der Waals surface area contributed by atoms with E-state index in [0.717, 1.165) is 33.4 Å². The molecule has 0 bridgehead atoms. The Kier molecular flexibility index (Phi) is 4.63. The maximum atomic E-state index is 12.7. The molecule has 5 rings (SSSR count). The molecule has 0 aliphatic heterocycles. The van der Waals surface area contributed by atoms with Gasteiger partial charge in [-0.25, -0.2) is 9.97 Å². The number of aryl methyl sites for hydroxylation is 2. The molecule has 1 amide bonds. The summed E-state index contributed by atoms with van der Waals surface area (Å²) in [5.74, 6) is -0.326. The summed E-state index contributed by atoms with van der Waals surface area (Å²) in [4.78, 5) is 37.6. The third-order valence-electron chi connectivity index (χ3n) is 5.27. The van der Waals surface area contributed by atoms with Crippen LogP contribution in [0, 0.1) is 13.8 Å². The predicted octanol–water partition coefficient (Wildman–Crippen LogP) is 4.26. The lowest BCUT2D eigenvalue weighted by molar-refractivity contribution is -0.116. The molecular formula is C23H19N5O2S. The summed E-state index contributed by atoms with van der Waals surface area (Å²) < 4.78 is 1.31. The predicted molar refractivity (Wildman–Crippen MR) is 124 cm³/mol. The van der Waals surface area contributed by atoms with Gasteiger partial charge < -0.3 is 10.3 Å². The second-order valence-corrected chi connectivity index (χ2v) is 8.26. The lowest BCUT2D eigenvalue weighted by atomic mass is 10.1. The van der Waals surface area contributed by atoms with Crippen LogP contribution in [0.4, 0.5) is 5.13 Å². The van der Waals surface area contributed by atoms with Crippen molar-refractivity contribution in [2.75, 3.05) is 5.32 Å². The molecule has 3 aromatic heterocycles. The molecule has 0 spiro atoms. The van der Waals surface area contributed by atoms with Crippen molar-refractivity contribution >= 4 is 44.2 Å². The zero-order valence-electron chi connectivity index (χ0n) is 17.0. The number of para-hydroxylation sites is 2. The van der Waals surface area contributed by atoms with E-state index in [1.807, 2.05) is 55.6 Å². The van der Waals surface area contributed by atoms with E-state index in [0.29, 0.717) is 16.0 Å². The monoisotopic (exact) mass is 429 g/mol. The summed E-state index contributed by atoms with van der Waals surface area (Å²) in [5.41, 5.74) is 5.24. The number of nitrogens with one attached hydrogen (secondary N) is 2. The number of amides is 1. The Morgan fingerprint density at radius 3 is 2.81 bits per heavy atom. The van der Waals surface area contributed by atoms with Crippen LogP contribution in [0.5, 0.6) is 0 Å². The minimum atomic E-state index is -0.326. The molecule has 2 N–H and O–H groups in total. The fourth-order valence-electron chi connectivity index (χ4n) is 3.82. The van der Waals surface area contributed by atoms with Crippen molar-refractivity contribution in [2.45, 2.75) is 20.4 Å². The number of H-pyrrole nitrogens is 1. The highest BCUT2D eigenvalue weighted by Crippen LogP contribution is 2.33. The van der Waals surface area contributed by atoms with Crippen LogP contribution in [-0.4, -0.2) is 25.4 Å². The van der Waals surface area contributed by atoms with Gasteiger partial charge in [0.15, 0.2) is 5.13 Å². The maximum absolute atomic E-state index is 12.7. The van der Waals surface area contributed by atoms with Crippen LogP contribution in [0.3, 0.4) is 0 Å². The van der Waals surface area contributed by atoms with Crippen molar-refractivity contribution in [2.24, 2.45) is 0 Å². The van der Waals surface area contributed by atoms with Crippen LogP contribution in [0.1, 0.15) is 11.3 Å². The minimum absolute atomic E-state index is 0.128. The molecule has 0 atom stereocenters. The first-order valence-corrected chi connectivity index (χ1v) is 10.7. The second kappa shape index (κ2) is 7.48. The number of carbonyl (C=O) groups is 1. The number of rotatable bonds is 4. The number of hydrogen-bond acceptors (Lipinski definition) is 5. The quantitative estimate of drug-likeness (QED) is 0.447. The van der Waals surface area contributed by atoms with Crippen LogP contribution >= 0.6 is 11.3 Å². The van der Waals surface area contributed by atoms with Crippen molar-refractivity contribution in [1.82, 2.24) is 19.5 Å². The third-order valence-corrected chi connectivity index (χ3v) is 6.03. The number of aromatic nitrogens is 4. The van der Waals surface area contributed by atoms with Gasteiger partial charge in [0.05, 0.1) is 22.9 Å². The van der Waals surface area contributed by atoms with E-state index in [1.165, 1.54) is 22.2 Å². The average Bonchev–Trinajstić information content (AvgIpc) is 3.33. The smallest absolute Gasteiger partial charge is 0.261 e. The molecule has 0 saturated carbocycles. The number of hydrogen-bond donors (Lipinski definition) is 2. The Labute approximate surface area is 181 Å². The Balaban J connectivity index is 1.38. The van der Waals surface area contributed by atoms with Gasteiger partial charge in [0.1, 0.15) is 6.54 Å². The van der Waals surface area contributed by atoms with Crippen molar-refractivity contribution in [3.05, 3.63) is 75.8 Å². The zero-order valence-corrected chi connectivity index (χ0v) is 17.8. The summed E-state index contributed by atoms with van der Waals surface area (Å²) >= 11 is 1.35. The van der Waals surface area contributed by atoms with Crippen molar-refractivity contribution in [3.63, 3.8) is 0 Å². The minimum Gasteiger partial charge on any atom is -0.358 e. The molecule has 154 valence electrons. The van der Waals surface area contributed by atoms with Crippen LogP contribution in [-0.2, 0) is 11.3 Å². The van der Waals surface area contributed by atoms with Gasteiger partial charge in [-0.2, -0.15) is 0 Å². The Morgan fingerprint density at radius 1 is 1.13 bits per heavy atom. The molecule has 0 aliphatic carbocycles. The van der Waals surface area contributed by atoms with Gasteiger partial charge >= 0.3 is 0 Å². The van der Waals surface area contributed by atoms with Crippen LogP contribution in [0.15, 0.2) is 59.0 Å². The first-order valence-electron chi connectivity index (χ1n) is 9.79. The van der Waals surface area contributed by atoms with Crippen LogP contribution in [0.2, 0.25) is 0 Å². The van der Waals surface area contributed by atoms with Gasteiger partial charge in [0.2, 0.25) is 5.91 Å². The highest BCUT2D eigenvalue weighted by Gasteiger charge is 2.15. The third kappa shape index (κ3) is 3.40. The van der Waals surface area contributed by atoms with Crippen LogP contribution in [0.25, 0.3) is 33.1 Å². The number of thiazole rings is 1. The number of aromatic amines is 1. The molecule has 0 saturated heterocycles. The normalized spacial score (nSPS) is 11.3.